The number of rotatable bonds is 1. The normalized spacial score (nSPS) is 21.6. The van der Waals surface area contributed by atoms with Crippen molar-refractivity contribution in [2.75, 3.05) is 0 Å². The first-order valence-corrected chi connectivity index (χ1v) is 9.49. The second kappa shape index (κ2) is 5.70. The molecule has 0 N–H and O–H groups in total. The number of ether oxygens (including phenoxy) is 1. The lowest BCUT2D eigenvalue weighted by atomic mass is 9.81. The largest absolute Gasteiger partial charge is 0.425 e. The zero-order chi connectivity index (χ0) is 18.7. The Hall–Kier alpha value is -3.59. The predicted molar refractivity (Wildman–Crippen MR) is 109 cm³/mol. The topological polar surface area (TPSA) is 29.5 Å². The highest BCUT2D eigenvalue weighted by Gasteiger charge is 2.50. The highest BCUT2D eigenvalue weighted by Crippen LogP contribution is 2.55. The standard InChI is InChI=1S/C25H17NO2/c27-25-24-22(19-12-6-7-13-20(19)28-25)21(17-9-2-1-3-10-17)23-18-11-5-4-8-16(18)14-15-26(23)24/h1-15,22,24H. The smallest absolute Gasteiger partial charge is 0.335 e. The molecule has 28 heavy (non-hydrogen) atoms. The highest BCUT2D eigenvalue weighted by molar-refractivity contribution is 6.05. The van der Waals surface area contributed by atoms with Crippen molar-refractivity contribution in [3.8, 4) is 5.75 Å². The van der Waals surface area contributed by atoms with E-state index in [2.05, 4.69) is 59.5 Å². The number of benzene rings is 3. The molecule has 0 aromatic heterocycles. The number of carbonyl (C=O) groups excluding carboxylic acids is 1. The molecule has 3 aliphatic heterocycles. The van der Waals surface area contributed by atoms with Crippen molar-refractivity contribution in [1.82, 2.24) is 4.90 Å². The minimum atomic E-state index is -0.385. The van der Waals surface area contributed by atoms with Crippen LogP contribution in [0.2, 0.25) is 0 Å². The molecule has 0 fully saturated rings. The number of nitrogens with zero attached hydrogens (tertiary/aromatic N) is 1. The Morgan fingerprint density at radius 2 is 1.57 bits per heavy atom. The monoisotopic (exact) mass is 363 g/mol. The van der Waals surface area contributed by atoms with Gasteiger partial charge >= 0.3 is 5.97 Å². The van der Waals surface area contributed by atoms with Crippen LogP contribution in [0.1, 0.15) is 28.2 Å². The van der Waals surface area contributed by atoms with E-state index in [1.165, 1.54) is 11.1 Å². The third-order valence-corrected chi connectivity index (χ3v) is 5.86. The summed E-state index contributed by atoms with van der Waals surface area (Å²) in [5.41, 5.74) is 6.83. The Balaban J connectivity index is 1.70. The van der Waals surface area contributed by atoms with Crippen LogP contribution in [0, 0.1) is 0 Å². The molecule has 0 saturated heterocycles. The van der Waals surface area contributed by atoms with Gasteiger partial charge in [-0.2, -0.15) is 0 Å². The fourth-order valence-corrected chi connectivity index (χ4v) is 4.72. The first-order valence-electron chi connectivity index (χ1n) is 9.49. The fraction of sp³-hybridized carbons (Fsp3) is 0.0800. The summed E-state index contributed by atoms with van der Waals surface area (Å²) in [4.78, 5) is 15.2. The summed E-state index contributed by atoms with van der Waals surface area (Å²) in [6.07, 6.45) is 4.11. The molecule has 3 heteroatoms. The van der Waals surface area contributed by atoms with Crippen molar-refractivity contribution in [3.63, 3.8) is 0 Å². The minimum absolute atomic E-state index is 0.0642. The van der Waals surface area contributed by atoms with Gasteiger partial charge in [0.15, 0.2) is 0 Å². The first kappa shape index (κ1) is 15.5. The van der Waals surface area contributed by atoms with Gasteiger partial charge in [0.05, 0.1) is 5.70 Å². The van der Waals surface area contributed by atoms with Gasteiger partial charge in [-0.1, -0.05) is 72.8 Å². The Bertz CT molecular complexity index is 1180. The second-order valence-electron chi connectivity index (χ2n) is 7.32. The van der Waals surface area contributed by atoms with E-state index in [1.807, 2.05) is 36.5 Å². The summed E-state index contributed by atoms with van der Waals surface area (Å²) >= 11 is 0. The number of hydrogen-bond donors (Lipinski definition) is 0. The van der Waals surface area contributed by atoms with Gasteiger partial charge in [-0.25, -0.2) is 4.79 Å². The molecule has 3 nitrogen and oxygen atoms in total. The zero-order valence-electron chi connectivity index (χ0n) is 15.1. The number of para-hydroxylation sites is 1. The van der Waals surface area contributed by atoms with E-state index in [4.69, 9.17) is 4.74 Å². The van der Waals surface area contributed by atoms with Gasteiger partial charge in [-0.3, -0.25) is 0 Å². The third kappa shape index (κ3) is 2.01. The molecule has 0 amide bonds. The van der Waals surface area contributed by atoms with Gasteiger partial charge in [-0.15, -0.1) is 0 Å². The summed E-state index contributed by atoms with van der Waals surface area (Å²) in [6.45, 7) is 0. The minimum Gasteiger partial charge on any atom is -0.425 e. The number of hydrogen-bond acceptors (Lipinski definition) is 3. The predicted octanol–water partition coefficient (Wildman–Crippen LogP) is 4.93. The van der Waals surface area contributed by atoms with E-state index >= 15 is 0 Å². The third-order valence-electron chi connectivity index (χ3n) is 5.86. The van der Waals surface area contributed by atoms with Crippen molar-refractivity contribution in [2.45, 2.75) is 12.0 Å². The number of carbonyl (C=O) groups is 1. The molecule has 0 bridgehead atoms. The summed E-state index contributed by atoms with van der Waals surface area (Å²) in [6, 6.07) is 26.3. The SMILES string of the molecule is O=C1Oc2ccccc2C2C(c3ccccc3)=C3c4ccccc4C=CN3C12. The van der Waals surface area contributed by atoms with Crippen molar-refractivity contribution in [3.05, 3.63) is 107 Å². The van der Waals surface area contributed by atoms with E-state index < -0.39 is 0 Å². The molecule has 3 aliphatic rings. The average Bonchev–Trinajstić information content (AvgIpc) is 3.11. The lowest BCUT2D eigenvalue weighted by Gasteiger charge is -2.33. The lowest BCUT2D eigenvalue weighted by Crippen LogP contribution is -2.42. The van der Waals surface area contributed by atoms with Crippen LogP contribution in [0.15, 0.2) is 85.1 Å². The maximum atomic E-state index is 13.1. The Morgan fingerprint density at radius 3 is 2.46 bits per heavy atom. The quantitative estimate of drug-likeness (QED) is 0.454. The molecule has 0 aliphatic carbocycles. The molecule has 3 heterocycles. The van der Waals surface area contributed by atoms with Gasteiger partial charge in [0.25, 0.3) is 0 Å². The molecular formula is C25H17NO2. The maximum absolute atomic E-state index is 13.1. The molecule has 2 unspecified atom stereocenters. The molecule has 0 radical (unpaired) electrons. The van der Waals surface area contributed by atoms with Crippen molar-refractivity contribution >= 4 is 23.3 Å². The van der Waals surface area contributed by atoms with Crippen molar-refractivity contribution in [1.29, 1.82) is 0 Å². The van der Waals surface area contributed by atoms with Crippen LogP contribution >= 0.6 is 0 Å². The first-order chi connectivity index (χ1) is 13.8. The number of esters is 1. The summed E-state index contributed by atoms with van der Waals surface area (Å²) in [7, 11) is 0. The molecule has 0 spiro atoms. The molecule has 3 aromatic rings. The van der Waals surface area contributed by atoms with Gasteiger partial charge in [0.2, 0.25) is 0 Å². The molecule has 2 atom stereocenters. The molecule has 134 valence electrons. The zero-order valence-corrected chi connectivity index (χ0v) is 15.1. The fourth-order valence-electron chi connectivity index (χ4n) is 4.72. The van der Waals surface area contributed by atoms with E-state index in [1.54, 1.807) is 0 Å². The van der Waals surface area contributed by atoms with Crippen LogP contribution in [0.5, 0.6) is 5.75 Å². The summed E-state index contributed by atoms with van der Waals surface area (Å²) in [5.74, 6) is 0.404. The lowest BCUT2D eigenvalue weighted by molar-refractivity contribution is -0.139. The Kier molecular flexibility index (Phi) is 3.15. The highest BCUT2D eigenvalue weighted by atomic mass is 16.5. The van der Waals surface area contributed by atoms with Gasteiger partial charge < -0.3 is 9.64 Å². The van der Waals surface area contributed by atoms with Gasteiger partial charge in [0, 0.05) is 23.2 Å². The van der Waals surface area contributed by atoms with Crippen LogP contribution in [-0.2, 0) is 4.79 Å². The maximum Gasteiger partial charge on any atom is 0.335 e. The van der Waals surface area contributed by atoms with Crippen LogP contribution < -0.4 is 4.74 Å². The molecule has 3 aromatic carbocycles. The average molecular weight is 363 g/mol. The van der Waals surface area contributed by atoms with Crippen LogP contribution in [0.25, 0.3) is 17.3 Å². The summed E-state index contributed by atoms with van der Waals surface area (Å²) in [5, 5.41) is 0. The van der Waals surface area contributed by atoms with E-state index in [9.17, 15) is 4.79 Å². The Labute approximate surface area is 163 Å². The number of fused-ring (bicyclic) bond motifs is 7. The van der Waals surface area contributed by atoms with Gasteiger partial charge in [0.1, 0.15) is 11.8 Å². The van der Waals surface area contributed by atoms with Crippen molar-refractivity contribution in [2.24, 2.45) is 0 Å². The van der Waals surface area contributed by atoms with Crippen molar-refractivity contribution < 1.29 is 9.53 Å². The molecular weight excluding hydrogens is 346 g/mol. The van der Waals surface area contributed by atoms with E-state index in [0.717, 1.165) is 22.4 Å². The Morgan fingerprint density at radius 1 is 0.821 bits per heavy atom. The van der Waals surface area contributed by atoms with E-state index in [0.29, 0.717) is 5.75 Å². The molecule has 6 rings (SSSR count). The van der Waals surface area contributed by atoms with Crippen LogP contribution in [0.3, 0.4) is 0 Å². The summed E-state index contributed by atoms with van der Waals surface area (Å²) < 4.78 is 5.73. The van der Waals surface area contributed by atoms with E-state index in [-0.39, 0.29) is 17.9 Å². The van der Waals surface area contributed by atoms with Crippen LogP contribution in [-0.4, -0.2) is 16.9 Å². The van der Waals surface area contributed by atoms with Gasteiger partial charge in [-0.05, 0) is 28.8 Å². The second-order valence-corrected chi connectivity index (χ2v) is 7.32. The van der Waals surface area contributed by atoms with Crippen LogP contribution in [0.4, 0.5) is 0 Å². The molecule has 0 saturated carbocycles.